The first-order valence-corrected chi connectivity index (χ1v) is 8.94. The summed E-state index contributed by atoms with van der Waals surface area (Å²) in [5, 5.41) is 6.81. The molecule has 7 heteroatoms. The van der Waals surface area contributed by atoms with E-state index in [1.165, 1.54) is 32.4 Å². The highest BCUT2D eigenvalue weighted by molar-refractivity contribution is 14.0. The number of likely N-dealkylation sites (tertiary alicyclic amines) is 1. The molecule has 2 heterocycles. The third kappa shape index (κ3) is 7.83. The molecule has 0 saturated carbocycles. The number of unbranched alkanes of at least 4 members (excludes halogenated alkanes) is 1. The van der Waals surface area contributed by atoms with Gasteiger partial charge in [0.15, 0.2) is 5.96 Å². The van der Waals surface area contributed by atoms with Crippen LogP contribution in [0.25, 0.3) is 0 Å². The molecule has 1 aliphatic heterocycles. The molecule has 138 valence electrons. The van der Waals surface area contributed by atoms with Crippen molar-refractivity contribution in [3.63, 3.8) is 0 Å². The fourth-order valence-electron chi connectivity index (χ4n) is 2.99. The summed E-state index contributed by atoms with van der Waals surface area (Å²) in [6.45, 7) is 8.62. The molecule has 0 radical (unpaired) electrons. The zero-order chi connectivity index (χ0) is 16.3. The lowest BCUT2D eigenvalue weighted by Crippen LogP contribution is -2.42. The summed E-state index contributed by atoms with van der Waals surface area (Å²) in [5.74, 6) is 2.01. The van der Waals surface area contributed by atoms with Crippen LogP contribution in [0.5, 0.6) is 0 Å². The number of aliphatic imine (C=N–C) groups is 1. The molecule has 1 aromatic heterocycles. The Bertz CT molecular complexity index is 467. The number of aryl methyl sites for hydroxylation is 2. The number of halogens is 1. The Morgan fingerprint density at radius 1 is 1.12 bits per heavy atom. The van der Waals surface area contributed by atoms with Gasteiger partial charge in [-0.05, 0) is 45.7 Å². The van der Waals surface area contributed by atoms with Crippen molar-refractivity contribution in [2.45, 2.75) is 45.6 Å². The Morgan fingerprint density at radius 2 is 1.88 bits per heavy atom. The summed E-state index contributed by atoms with van der Waals surface area (Å²) in [6.07, 6.45) is 10.3. The van der Waals surface area contributed by atoms with Gasteiger partial charge in [0.25, 0.3) is 0 Å². The number of guanidine groups is 1. The van der Waals surface area contributed by atoms with E-state index < -0.39 is 0 Å². The van der Waals surface area contributed by atoms with Gasteiger partial charge in [-0.3, -0.25) is 4.99 Å². The molecular weight excluding hydrogens is 415 g/mol. The highest BCUT2D eigenvalue weighted by Crippen LogP contribution is 2.07. The van der Waals surface area contributed by atoms with Crippen LogP contribution in [0.1, 0.15) is 37.9 Å². The number of piperidine rings is 1. The highest BCUT2D eigenvalue weighted by Gasteiger charge is 2.09. The van der Waals surface area contributed by atoms with E-state index in [-0.39, 0.29) is 24.0 Å². The lowest BCUT2D eigenvalue weighted by molar-refractivity contribution is 0.232. The molecule has 1 aromatic rings. The molecule has 0 atom stereocenters. The lowest BCUT2D eigenvalue weighted by Gasteiger charge is -2.26. The molecule has 1 fully saturated rings. The van der Waals surface area contributed by atoms with Gasteiger partial charge >= 0.3 is 0 Å². The fraction of sp³-hybridized carbons (Fsp3) is 0.765. The van der Waals surface area contributed by atoms with Crippen molar-refractivity contribution in [3.05, 3.63) is 18.2 Å². The smallest absolute Gasteiger partial charge is 0.191 e. The van der Waals surface area contributed by atoms with E-state index >= 15 is 0 Å². The van der Waals surface area contributed by atoms with Crippen LogP contribution in [0, 0.1) is 6.92 Å². The summed E-state index contributed by atoms with van der Waals surface area (Å²) >= 11 is 0. The Hall–Kier alpha value is -0.830. The second-order valence-electron chi connectivity index (χ2n) is 6.20. The van der Waals surface area contributed by atoms with Crippen LogP contribution in [0.3, 0.4) is 0 Å². The number of hydrogen-bond donors (Lipinski definition) is 2. The first-order chi connectivity index (χ1) is 11.3. The van der Waals surface area contributed by atoms with Gasteiger partial charge in [-0.15, -0.1) is 24.0 Å². The van der Waals surface area contributed by atoms with Gasteiger partial charge in [-0.1, -0.05) is 6.42 Å². The minimum absolute atomic E-state index is 0. The van der Waals surface area contributed by atoms with Crippen LogP contribution < -0.4 is 10.6 Å². The maximum atomic E-state index is 4.29. The monoisotopic (exact) mass is 448 g/mol. The molecule has 1 saturated heterocycles. The Labute approximate surface area is 163 Å². The minimum Gasteiger partial charge on any atom is -0.356 e. The van der Waals surface area contributed by atoms with Crippen LogP contribution in [0.15, 0.2) is 17.4 Å². The van der Waals surface area contributed by atoms with Crippen molar-refractivity contribution < 1.29 is 0 Å². The van der Waals surface area contributed by atoms with Crippen molar-refractivity contribution in [1.29, 1.82) is 0 Å². The second-order valence-corrected chi connectivity index (χ2v) is 6.20. The number of hydrogen-bond acceptors (Lipinski definition) is 3. The van der Waals surface area contributed by atoms with Crippen LogP contribution in [0.2, 0.25) is 0 Å². The summed E-state index contributed by atoms with van der Waals surface area (Å²) < 4.78 is 2.20. The Kier molecular flexibility index (Phi) is 11.1. The zero-order valence-electron chi connectivity index (χ0n) is 15.1. The van der Waals surface area contributed by atoms with E-state index in [2.05, 4.69) is 30.1 Å². The molecule has 2 rings (SSSR count). The van der Waals surface area contributed by atoms with Gasteiger partial charge in [-0.25, -0.2) is 4.98 Å². The fourth-order valence-corrected chi connectivity index (χ4v) is 2.99. The normalized spacial score (nSPS) is 15.8. The van der Waals surface area contributed by atoms with E-state index in [0.29, 0.717) is 0 Å². The standard InChI is InChI=1S/C17H32N6.HI/c1-16-19-10-15-23(16)13-7-4-8-20-17(18-2)21-9-14-22-11-5-3-6-12-22;/h10,15H,3-9,11-14H2,1-2H3,(H2,18,20,21);1H. The van der Waals surface area contributed by atoms with Gasteiger partial charge in [-0.2, -0.15) is 0 Å². The average Bonchev–Trinajstić information content (AvgIpc) is 2.99. The quantitative estimate of drug-likeness (QED) is 0.277. The maximum absolute atomic E-state index is 4.29. The number of rotatable bonds is 8. The third-order valence-corrected chi connectivity index (χ3v) is 4.43. The highest BCUT2D eigenvalue weighted by atomic mass is 127. The van der Waals surface area contributed by atoms with Crippen LogP contribution in [-0.4, -0.2) is 60.2 Å². The number of nitrogens with one attached hydrogen (secondary N) is 2. The van der Waals surface area contributed by atoms with Gasteiger partial charge in [0.2, 0.25) is 0 Å². The molecule has 0 spiro atoms. The Morgan fingerprint density at radius 3 is 2.54 bits per heavy atom. The van der Waals surface area contributed by atoms with Gasteiger partial charge in [0.1, 0.15) is 5.82 Å². The third-order valence-electron chi connectivity index (χ3n) is 4.43. The first kappa shape index (κ1) is 21.2. The number of aromatic nitrogens is 2. The van der Waals surface area contributed by atoms with Crippen LogP contribution in [-0.2, 0) is 6.54 Å². The first-order valence-electron chi connectivity index (χ1n) is 8.94. The number of imidazole rings is 1. The second kappa shape index (κ2) is 12.5. The minimum atomic E-state index is 0. The van der Waals surface area contributed by atoms with Crippen molar-refractivity contribution in [2.75, 3.05) is 39.8 Å². The molecule has 0 unspecified atom stereocenters. The van der Waals surface area contributed by atoms with Crippen molar-refractivity contribution >= 4 is 29.9 Å². The molecular formula is C17H33IN6. The molecule has 0 amide bonds. The topological polar surface area (TPSA) is 57.5 Å². The van der Waals surface area contributed by atoms with E-state index in [4.69, 9.17) is 0 Å². The largest absolute Gasteiger partial charge is 0.356 e. The molecule has 1 aliphatic rings. The summed E-state index contributed by atoms with van der Waals surface area (Å²) in [5.41, 5.74) is 0. The summed E-state index contributed by atoms with van der Waals surface area (Å²) in [7, 11) is 1.84. The van der Waals surface area contributed by atoms with E-state index in [0.717, 1.165) is 50.8 Å². The summed E-state index contributed by atoms with van der Waals surface area (Å²) in [6, 6.07) is 0. The van der Waals surface area contributed by atoms with E-state index in [1.54, 1.807) is 0 Å². The van der Waals surface area contributed by atoms with Crippen LogP contribution in [0.4, 0.5) is 0 Å². The molecule has 0 aliphatic carbocycles. The molecule has 2 N–H and O–H groups in total. The predicted molar refractivity (Wildman–Crippen MR) is 111 cm³/mol. The lowest BCUT2D eigenvalue weighted by atomic mass is 10.1. The number of nitrogens with zero attached hydrogens (tertiary/aromatic N) is 4. The van der Waals surface area contributed by atoms with E-state index in [1.807, 2.05) is 26.4 Å². The SMILES string of the molecule is CN=C(NCCCCn1ccnc1C)NCCN1CCCCC1.I. The van der Waals surface area contributed by atoms with Gasteiger partial charge < -0.3 is 20.1 Å². The zero-order valence-corrected chi connectivity index (χ0v) is 17.5. The molecule has 6 nitrogen and oxygen atoms in total. The van der Waals surface area contributed by atoms with Crippen molar-refractivity contribution in [3.8, 4) is 0 Å². The average molecular weight is 448 g/mol. The van der Waals surface area contributed by atoms with Crippen LogP contribution >= 0.6 is 24.0 Å². The van der Waals surface area contributed by atoms with Crippen molar-refractivity contribution in [2.24, 2.45) is 4.99 Å². The molecule has 24 heavy (non-hydrogen) atoms. The van der Waals surface area contributed by atoms with Gasteiger partial charge in [0, 0.05) is 45.6 Å². The van der Waals surface area contributed by atoms with Crippen molar-refractivity contribution in [1.82, 2.24) is 25.1 Å². The van der Waals surface area contributed by atoms with E-state index in [9.17, 15) is 0 Å². The maximum Gasteiger partial charge on any atom is 0.191 e. The molecule has 0 bridgehead atoms. The summed E-state index contributed by atoms with van der Waals surface area (Å²) in [4.78, 5) is 11.1. The molecule has 0 aromatic carbocycles. The predicted octanol–water partition coefficient (Wildman–Crippen LogP) is 2.24. The Balaban J connectivity index is 0.00000288. The van der Waals surface area contributed by atoms with Gasteiger partial charge in [0.05, 0.1) is 0 Å².